The van der Waals surface area contributed by atoms with Crippen molar-refractivity contribution in [3.05, 3.63) is 148 Å². The number of nitrogens with zero attached hydrogens (tertiary/aromatic N) is 2. The van der Waals surface area contributed by atoms with Gasteiger partial charge in [-0.05, 0) is 184 Å². The van der Waals surface area contributed by atoms with Crippen molar-refractivity contribution in [2.75, 3.05) is 9.80 Å². The molecule has 6 aromatic carbocycles. The van der Waals surface area contributed by atoms with Gasteiger partial charge in [0.05, 0.1) is 5.69 Å². The molecular formula is C68H85BN2. The van der Waals surface area contributed by atoms with Crippen molar-refractivity contribution in [2.24, 2.45) is 0 Å². The van der Waals surface area contributed by atoms with Crippen LogP contribution >= 0.6 is 0 Å². The summed E-state index contributed by atoms with van der Waals surface area (Å²) in [4.78, 5) is 5.39. The third kappa shape index (κ3) is 8.14. The quantitative estimate of drug-likeness (QED) is 0.163. The maximum Gasteiger partial charge on any atom is 0.252 e. The molecule has 0 unspecified atom stereocenters. The summed E-state index contributed by atoms with van der Waals surface area (Å²) in [6.45, 7) is 48.3. The van der Waals surface area contributed by atoms with Crippen LogP contribution in [-0.2, 0) is 43.3 Å². The number of hydrogen-bond donors (Lipinski definition) is 0. The van der Waals surface area contributed by atoms with E-state index in [2.05, 4.69) is 251 Å². The van der Waals surface area contributed by atoms with E-state index in [9.17, 15) is 0 Å². The number of rotatable bonds is 3. The van der Waals surface area contributed by atoms with Gasteiger partial charge in [0, 0.05) is 34.0 Å². The van der Waals surface area contributed by atoms with E-state index in [4.69, 9.17) is 0 Å². The van der Waals surface area contributed by atoms with Gasteiger partial charge in [-0.15, -0.1) is 0 Å². The highest BCUT2D eigenvalue weighted by Gasteiger charge is 2.48. The van der Waals surface area contributed by atoms with Crippen molar-refractivity contribution in [3.8, 4) is 11.1 Å². The maximum absolute atomic E-state index is 2.76. The third-order valence-corrected chi connectivity index (χ3v) is 18.0. The molecule has 0 fully saturated rings. The SMILES string of the molecule is CC(C)(C)c1ccc(N2c3ccc(C(C)(C)C)cc3B3c4cc5c(cc4N(c4ccc(C(C)(C)C)cc4-c4ccc6c(c4)C(C)(C)CCC6(C)C)c4cc(C(C)(C)C)cc2c43)C(C)(C)CCC5(C)C)cc1. The fourth-order valence-electron chi connectivity index (χ4n) is 12.8. The van der Waals surface area contributed by atoms with E-state index in [1.165, 1.54) is 125 Å². The topological polar surface area (TPSA) is 6.48 Å². The predicted octanol–water partition coefficient (Wildman–Crippen LogP) is 17.3. The highest BCUT2D eigenvalue weighted by Crippen LogP contribution is 2.54. The maximum atomic E-state index is 2.76. The number of benzene rings is 6. The standard InChI is InChI=1S/C68H85BN2/c1-61(2,3)43-22-26-47(27-23-43)70-56-30-25-45(63(7,8)9)37-53(56)69-54-40-51-52(68(19,20)34-33-67(51,17)18)41-57(54)71(59-39-46(64(10,11)12)38-58(70)60(59)69)55-29-24-44(62(4,5)6)36-48(55)42-21-28-49-50(35-42)66(15,16)32-31-65(49,13)14/h21-30,35-41H,31-34H2,1-20H3. The summed E-state index contributed by atoms with van der Waals surface area (Å²) >= 11 is 0. The van der Waals surface area contributed by atoms with E-state index >= 15 is 0 Å². The summed E-state index contributed by atoms with van der Waals surface area (Å²) in [7, 11) is 0. The van der Waals surface area contributed by atoms with Gasteiger partial charge in [0.2, 0.25) is 0 Å². The summed E-state index contributed by atoms with van der Waals surface area (Å²) < 4.78 is 0. The van der Waals surface area contributed by atoms with E-state index in [0.29, 0.717) is 0 Å². The smallest absolute Gasteiger partial charge is 0.252 e. The van der Waals surface area contributed by atoms with Gasteiger partial charge in [-0.25, -0.2) is 0 Å². The van der Waals surface area contributed by atoms with Crippen molar-refractivity contribution in [1.82, 2.24) is 0 Å². The zero-order chi connectivity index (χ0) is 51.6. The molecule has 2 nitrogen and oxygen atoms in total. The Morgan fingerprint density at radius 3 is 1.32 bits per heavy atom. The largest absolute Gasteiger partial charge is 0.311 e. The first kappa shape index (κ1) is 49.6. The van der Waals surface area contributed by atoms with Gasteiger partial charge in [-0.3, -0.25) is 0 Å². The van der Waals surface area contributed by atoms with Crippen LogP contribution in [0.3, 0.4) is 0 Å². The van der Waals surface area contributed by atoms with Gasteiger partial charge in [-0.1, -0.05) is 193 Å². The van der Waals surface area contributed by atoms with Crippen molar-refractivity contribution >= 4 is 57.2 Å². The molecular weight excluding hydrogens is 856 g/mol. The molecule has 370 valence electrons. The summed E-state index contributed by atoms with van der Waals surface area (Å²) in [6.07, 6.45) is 4.72. The molecule has 3 heteroatoms. The molecule has 0 N–H and O–H groups in total. The molecule has 0 radical (unpaired) electrons. The molecule has 0 spiro atoms. The molecule has 0 amide bonds. The van der Waals surface area contributed by atoms with Crippen molar-refractivity contribution in [3.63, 3.8) is 0 Å². The van der Waals surface area contributed by atoms with E-state index in [-0.39, 0.29) is 50.0 Å². The van der Waals surface area contributed by atoms with Crippen LogP contribution < -0.4 is 26.2 Å². The van der Waals surface area contributed by atoms with Gasteiger partial charge < -0.3 is 9.80 Å². The van der Waals surface area contributed by atoms with E-state index in [1.807, 2.05) is 0 Å². The minimum Gasteiger partial charge on any atom is -0.311 e. The Labute approximate surface area is 431 Å². The summed E-state index contributed by atoms with van der Waals surface area (Å²) in [5.41, 5.74) is 26.0. The van der Waals surface area contributed by atoms with E-state index in [1.54, 1.807) is 0 Å². The Kier molecular flexibility index (Phi) is 11.0. The lowest BCUT2D eigenvalue weighted by molar-refractivity contribution is 0.332. The average molecular weight is 941 g/mol. The predicted molar refractivity (Wildman–Crippen MR) is 311 cm³/mol. The van der Waals surface area contributed by atoms with Crippen LogP contribution in [0.15, 0.2) is 103 Å². The molecule has 6 aromatic rings. The summed E-state index contributed by atoms with van der Waals surface area (Å²) in [5.74, 6) is 0. The average Bonchev–Trinajstić information content (AvgIpc) is 3.27. The Hall–Kier alpha value is -5.02. The van der Waals surface area contributed by atoms with Crippen LogP contribution in [0.4, 0.5) is 34.1 Å². The molecule has 0 saturated carbocycles. The molecule has 4 aliphatic rings. The molecule has 0 saturated heterocycles. The molecule has 10 rings (SSSR count). The van der Waals surface area contributed by atoms with Gasteiger partial charge in [0.15, 0.2) is 0 Å². The van der Waals surface area contributed by atoms with Crippen LogP contribution in [0.2, 0.25) is 0 Å². The molecule has 2 heterocycles. The molecule has 71 heavy (non-hydrogen) atoms. The lowest BCUT2D eigenvalue weighted by Gasteiger charge is -2.48. The van der Waals surface area contributed by atoms with Gasteiger partial charge in [0.1, 0.15) is 0 Å². The van der Waals surface area contributed by atoms with Gasteiger partial charge >= 0.3 is 0 Å². The molecule has 2 aliphatic heterocycles. The van der Waals surface area contributed by atoms with Gasteiger partial charge in [0.25, 0.3) is 6.71 Å². The molecule has 0 atom stereocenters. The van der Waals surface area contributed by atoms with Gasteiger partial charge in [-0.2, -0.15) is 0 Å². The zero-order valence-electron chi connectivity index (χ0n) is 47.6. The first-order valence-corrected chi connectivity index (χ1v) is 27.2. The highest BCUT2D eigenvalue weighted by atomic mass is 15.2. The van der Waals surface area contributed by atoms with Crippen LogP contribution in [-0.4, -0.2) is 6.71 Å². The minimum absolute atomic E-state index is 0.0258. The van der Waals surface area contributed by atoms with Crippen LogP contribution in [0.5, 0.6) is 0 Å². The lowest BCUT2D eigenvalue weighted by atomic mass is 9.32. The second-order valence-corrected chi connectivity index (χ2v) is 29.3. The molecule has 2 aliphatic carbocycles. The number of anilines is 6. The van der Waals surface area contributed by atoms with Crippen molar-refractivity contribution in [1.29, 1.82) is 0 Å². The number of hydrogen-bond acceptors (Lipinski definition) is 2. The molecule has 0 bridgehead atoms. The Bertz CT molecular complexity index is 3130. The number of fused-ring (bicyclic) bond motifs is 6. The molecule has 0 aromatic heterocycles. The zero-order valence-corrected chi connectivity index (χ0v) is 47.6. The Balaban J connectivity index is 1.37. The normalized spacial score (nSPS) is 18.6. The third-order valence-electron chi connectivity index (χ3n) is 18.0. The van der Waals surface area contributed by atoms with Crippen LogP contribution in [0.1, 0.15) is 209 Å². The second-order valence-electron chi connectivity index (χ2n) is 29.3. The monoisotopic (exact) mass is 941 g/mol. The van der Waals surface area contributed by atoms with Crippen LogP contribution in [0.25, 0.3) is 11.1 Å². The lowest BCUT2D eigenvalue weighted by Crippen LogP contribution is -2.62. The first-order chi connectivity index (χ1) is 32.7. The Morgan fingerprint density at radius 2 is 0.789 bits per heavy atom. The van der Waals surface area contributed by atoms with Crippen molar-refractivity contribution in [2.45, 2.75) is 207 Å². The second kappa shape index (κ2) is 15.7. The fraction of sp³-hybridized carbons (Fsp3) is 0.471. The van der Waals surface area contributed by atoms with E-state index in [0.717, 1.165) is 6.42 Å². The van der Waals surface area contributed by atoms with Crippen molar-refractivity contribution < 1.29 is 0 Å². The van der Waals surface area contributed by atoms with Crippen LogP contribution in [0, 0.1) is 0 Å². The summed E-state index contributed by atoms with van der Waals surface area (Å²) in [6, 6.07) is 42.6. The fourth-order valence-corrected chi connectivity index (χ4v) is 12.8. The summed E-state index contributed by atoms with van der Waals surface area (Å²) in [5, 5.41) is 0. The Morgan fingerprint density at radius 1 is 0.352 bits per heavy atom. The van der Waals surface area contributed by atoms with E-state index < -0.39 is 0 Å². The first-order valence-electron chi connectivity index (χ1n) is 27.2. The minimum atomic E-state index is -0.122. The highest BCUT2D eigenvalue weighted by molar-refractivity contribution is 7.00.